The van der Waals surface area contributed by atoms with E-state index in [1.807, 2.05) is 60.7 Å². The number of carbonyl (C=O) groups is 1. The van der Waals surface area contributed by atoms with E-state index in [1.54, 1.807) is 6.07 Å². The number of benzene rings is 2. The standard InChI is InChI=1S/C18H13BrO2/c19-15-11-12-21-18(15)17(20)16(13-7-3-1-4-8-13)14-9-5-2-6-10-14/h1-12,16H. The van der Waals surface area contributed by atoms with Gasteiger partial charge in [-0.15, -0.1) is 0 Å². The monoisotopic (exact) mass is 340 g/mol. The molecule has 104 valence electrons. The van der Waals surface area contributed by atoms with Gasteiger partial charge in [0.2, 0.25) is 5.78 Å². The fourth-order valence-electron chi connectivity index (χ4n) is 2.39. The van der Waals surface area contributed by atoms with Crippen LogP contribution < -0.4 is 0 Å². The van der Waals surface area contributed by atoms with E-state index in [0.29, 0.717) is 10.2 Å². The molecule has 21 heavy (non-hydrogen) atoms. The molecule has 1 heterocycles. The van der Waals surface area contributed by atoms with Crippen molar-refractivity contribution >= 4 is 21.7 Å². The number of carbonyl (C=O) groups excluding carboxylic acids is 1. The van der Waals surface area contributed by atoms with E-state index in [4.69, 9.17) is 4.42 Å². The molecule has 0 aliphatic carbocycles. The van der Waals surface area contributed by atoms with E-state index >= 15 is 0 Å². The summed E-state index contributed by atoms with van der Waals surface area (Å²) in [6.07, 6.45) is 1.52. The Balaban J connectivity index is 2.09. The second-order valence-electron chi connectivity index (χ2n) is 4.72. The molecule has 1 aromatic heterocycles. The number of Topliss-reactive ketones (excluding diaryl/α,β-unsaturated/α-hetero) is 1. The van der Waals surface area contributed by atoms with E-state index in [1.165, 1.54) is 6.26 Å². The van der Waals surface area contributed by atoms with E-state index in [9.17, 15) is 4.79 Å². The first-order valence-electron chi connectivity index (χ1n) is 6.64. The van der Waals surface area contributed by atoms with Crippen molar-refractivity contribution in [3.05, 3.63) is 94.4 Å². The summed E-state index contributed by atoms with van der Waals surface area (Å²) in [5.41, 5.74) is 1.91. The van der Waals surface area contributed by atoms with Crippen LogP contribution in [-0.4, -0.2) is 5.78 Å². The Labute approximate surface area is 131 Å². The maximum Gasteiger partial charge on any atom is 0.210 e. The van der Waals surface area contributed by atoms with Crippen LogP contribution >= 0.6 is 15.9 Å². The highest BCUT2D eigenvalue weighted by atomic mass is 79.9. The minimum absolute atomic E-state index is 0.0516. The second kappa shape index (κ2) is 6.10. The number of halogens is 1. The average molecular weight is 341 g/mol. The van der Waals surface area contributed by atoms with Gasteiger partial charge in [0.15, 0.2) is 5.76 Å². The number of furan rings is 1. The Hall–Kier alpha value is -2.13. The summed E-state index contributed by atoms with van der Waals surface area (Å²) in [6.45, 7) is 0. The molecule has 3 aromatic rings. The van der Waals surface area contributed by atoms with Gasteiger partial charge >= 0.3 is 0 Å². The van der Waals surface area contributed by atoms with Crippen molar-refractivity contribution in [2.45, 2.75) is 5.92 Å². The van der Waals surface area contributed by atoms with Gasteiger partial charge in [-0.25, -0.2) is 0 Å². The van der Waals surface area contributed by atoms with Crippen molar-refractivity contribution in [3.63, 3.8) is 0 Å². The summed E-state index contributed by atoms with van der Waals surface area (Å²) < 4.78 is 6.04. The normalized spacial score (nSPS) is 10.8. The molecular weight excluding hydrogens is 328 g/mol. The molecule has 0 radical (unpaired) electrons. The highest BCUT2D eigenvalue weighted by Gasteiger charge is 2.27. The summed E-state index contributed by atoms with van der Waals surface area (Å²) >= 11 is 3.37. The second-order valence-corrected chi connectivity index (χ2v) is 5.57. The maximum atomic E-state index is 12.9. The van der Waals surface area contributed by atoms with Crippen LogP contribution in [-0.2, 0) is 0 Å². The molecule has 3 heteroatoms. The minimum Gasteiger partial charge on any atom is -0.460 e. The molecule has 0 bridgehead atoms. The van der Waals surface area contributed by atoms with E-state index in [2.05, 4.69) is 15.9 Å². The molecule has 0 aliphatic heterocycles. The first kappa shape index (κ1) is 13.8. The lowest BCUT2D eigenvalue weighted by Gasteiger charge is -2.16. The van der Waals surface area contributed by atoms with Crippen molar-refractivity contribution in [2.24, 2.45) is 0 Å². The number of hydrogen-bond donors (Lipinski definition) is 0. The lowest BCUT2D eigenvalue weighted by molar-refractivity contribution is 0.0946. The predicted molar refractivity (Wildman–Crippen MR) is 85.5 cm³/mol. The lowest BCUT2D eigenvalue weighted by atomic mass is 9.87. The van der Waals surface area contributed by atoms with Crippen LogP contribution in [0.1, 0.15) is 27.6 Å². The molecular formula is C18H13BrO2. The van der Waals surface area contributed by atoms with E-state index in [0.717, 1.165) is 11.1 Å². The number of ketones is 1. The predicted octanol–water partition coefficient (Wildman–Crippen LogP) is 5.06. The third-order valence-corrected chi connectivity index (χ3v) is 3.99. The summed E-state index contributed by atoms with van der Waals surface area (Å²) in [5.74, 6) is -0.0631. The Morgan fingerprint density at radius 1 is 0.857 bits per heavy atom. The molecule has 3 rings (SSSR count). The number of hydrogen-bond acceptors (Lipinski definition) is 2. The molecule has 0 atom stereocenters. The Morgan fingerprint density at radius 3 is 1.81 bits per heavy atom. The molecule has 2 nitrogen and oxygen atoms in total. The third-order valence-electron chi connectivity index (χ3n) is 3.37. The van der Waals surface area contributed by atoms with Crippen LogP contribution in [0.15, 0.2) is 81.9 Å². The molecule has 0 amide bonds. The maximum absolute atomic E-state index is 12.9. The van der Waals surface area contributed by atoms with Gasteiger partial charge in [0.1, 0.15) is 0 Å². The fourth-order valence-corrected chi connectivity index (χ4v) is 2.78. The SMILES string of the molecule is O=C(c1occc1Br)C(c1ccccc1)c1ccccc1. The zero-order chi connectivity index (χ0) is 14.7. The van der Waals surface area contributed by atoms with E-state index < -0.39 is 0 Å². The topological polar surface area (TPSA) is 30.2 Å². The lowest BCUT2D eigenvalue weighted by Crippen LogP contribution is -2.14. The summed E-state index contributed by atoms with van der Waals surface area (Å²) in [5, 5.41) is 0. The van der Waals surface area contributed by atoms with E-state index in [-0.39, 0.29) is 11.7 Å². The van der Waals surface area contributed by atoms with Crippen LogP contribution in [0.5, 0.6) is 0 Å². The van der Waals surface area contributed by atoms with Crippen molar-refractivity contribution < 1.29 is 9.21 Å². The largest absolute Gasteiger partial charge is 0.460 e. The van der Waals surface area contributed by atoms with Crippen LogP contribution in [0.4, 0.5) is 0 Å². The quantitative estimate of drug-likeness (QED) is 0.621. The van der Waals surface area contributed by atoms with Crippen molar-refractivity contribution in [2.75, 3.05) is 0 Å². The Morgan fingerprint density at radius 2 is 1.38 bits per heavy atom. The molecule has 2 aromatic carbocycles. The van der Waals surface area contributed by atoms with Crippen molar-refractivity contribution in [3.8, 4) is 0 Å². The fraction of sp³-hybridized carbons (Fsp3) is 0.0556. The Bertz CT molecular complexity index is 693. The smallest absolute Gasteiger partial charge is 0.210 e. The van der Waals surface area contributed by atoms with Gasteiger partial charge in [0, 0.05) is 0 Å². The number of rotatable bonds is 4. The van der Waals surface area contributed by atoms with Gasteiger partial charge in [-0.05, 0) is 33.1 Å². The van der Waals surface area contributed by atoms with Crippen LogP contribution in [0.25, 0.3) is 0 Å². The molecule has 0 saturated heterocycles. The first-order chi connectivity index (χ1) is 10.3. The van der Waals surface area contributed by atoms with Crippen LogP contribution in [0.2, 0.25) is 0 Å². The van der Waals surface area contributed by atoms with Gasteiger partial charge in [-0.1, -0.05) is 60.7 Å². The molecule has 0 N–H and O–H groups in total. The summed E-state index contributed by atoms with van der Waals surface area (Å²) in [7, 11) is 0. The third kappa shape index (κ3) is 2.83. The average Bonchev–Trinajstić information content (AvgIpc) is 2.96. The summed E-state index contributed by atoms with van der Waals surface area (Å²) in [6, 6.07) is 21.2. The molecule has 0 fully saturated rings. The van der Waals surface area contributed by atoms with Crippen LogP contribution in [0, 0.1) is 0 Å². The minimum atomic E-state index is -0.366. The Kier molecular flexibility index (Phi) is 4.02. The van der Waals surface area contributed by atoms with Gasteiger partial charge in [-0.3, -0.25) is 4.79 Å². The van der Waals surface area contributed by atoms with Gasteiger partial charge < -0.3 is 4.42 Å². The highest BCUT2D eigenvalue weighted by Crippen LogP contribution is 2.31. The molecule has 0 spiro atoms. The van der Waals surface area contributed by atoms with Gasteiger partial charge in [-0.2, -0.15) is 0 Å². The first-order valence-corrected chi connectivity index (χ1v) is 7.44. The molecule has 0 saturated carbocycles. The van der Waals surface area contributed by atoms with Crippen molar-refractivity contribution in [1.82, 2.24) is 0 Å². The summed E-state index contributed by atoms with van der Waals surface area (Å²) in [4.78, 5) is 12.9. The van der Waals surface area contributed by atoms with Crippen molar-refractivity contribution in [1.29, 1.82) is 0 Å². The highest BCUT2D eigenvalue weighted by molar-refractivity contribution is 9.10. The molecule has 0 aliphatic rings. The zero-order valence-electron chi connectivity index (χ0n) is 11.2. The van der Waals surface area contributed by atoms with Gasteiger partial charge in [0.25, 0.3) is 0 Å². The van der Waals surface area contributed by atoms with Gasteiger partial charge in [0.05, 0.1) is 16.7 Å². The zero-order valence-corrected chi connectivity index (χ0v) is 12.8. The van der Waals surface area contributed by atoms with Crippen LogP contribution in [0.3, 0.4) is 0 Å². The molecule has 0 unspecified atom stereocenters.